The van der Waals surface area contributed by atoms with Crippen molar-refractivity contribution >= 4 is 5.69 Å². The average Bonchev–Trinajstić information content (AvgIpc) is 2.49. The topological polar surface area (TPSA) is 38.5 Å². The van der Waals surface area contributed by atoms with Crippen LogP contribution in [0.25, 0.3) is 0 Å². The number of para-hydroxylation sites is 1. The third kappa shape index (κ3) is 2.93. The molecule has 2 rings (SSSR count). The fourth-order valence-corrected chi connectivity index (χ4v) is 3.35. The molecule has 1 aliphatic rings. The predicted octanol–water partition coefficient (Wildman–Crippen LogP) is 2.80. The lowest BCUT2D eigenvalue weighted by molar-refractivity contribution is 0.0497. The zero-order valence-electron chi connectivity index (χ0n) is 12.1. The van der Waals surface area contributed by atoms with Gasteiger partial charge in [0.2, 0.25) is 0 Å². The van der Waals surface area contributed by atoms with Crippen molar-refractivity contribution < 1.29 is 4.74 Å². The largest absolute Gasteiger partial charge is 0.381 e. The summed E-state index contributed by atoms with van der Waals surface area (Å²) in [6.07, 6.45) is 4.86. The normalized spacial score (nSPS) is 27.2. The van der Waals surface area contributed by atoms with Crippen LogP contribution in [0.5, 0.6) is 0 Å². The minimum atomic E-state index is 0.102. The zero-order chi connectivity index (χ0) is 13.7. The smallest absolute Gasteiger partial charge is 0.0573 e. The third-order valence-electron chi connectivity index (χ3n) is 4.53. The Morgan fingerprint density at radius 3 is 2.37 bits per heavy atom. The number of hydrogen-bond acceptors (Lipinski definition) is 3. The van der Waals surface area contributed by atoms with Crippen LogP contribution in [0, 0.1) is 0 Å². The monoisotopic (exact) mass is 262 g/mol. The molecule has 19 heavy (non-hydrogen) atoms. The molecule has 0 spiro atoms. The Balaban J connectivity index is 2.20. The van der Waals surface area contributed by atoms with Crippen LogP contribution in [0.2, 0.25) is 0 Å². The van der Waals surface area contributed by atoms with Crippen molar-refractivity contribution in [2.45, 2.75) is 44.2 Å². The van der Waals surface area contributed by atoms with E-state index >= 15 is 0 Å². The van der Waals surface area contributed by atoms with Crippen molar-refractivity contribution in [1.82, 2.24) is 0 Å². The molecule has 0 aromatic heterocycles. The van der Waals surface area contributed by atoms with Crippen molar-refractivity contribution in [3.8, 4) is 0 Å². The van der Waals surface area contributed by atoms with Gasteiger partial charge in [0.05, 0.1) is 11.6 Å². The van der Waals surface area contributed by atoms with Crippen LogP contribution in [0.4, 0.5) is 5.69 Å². The number of likely N-dealkylation sites (N-methyl/N-ethyl adjacent to an activating group) is 1. The van der Waals surface area contributed by atoms with Crippen LogP contribution < -0.4 is 10.6 Å². The first-order valence-corrected chi connectivity index (χ1v) is 7.31. The SMILES string of the molecule is CCN(c1ccccc1)C1(CN)CCC(OC)CC1. The van der Waals surface area contributed by atoms with Crippen LogP contribution in [0.15, 0.2) is 30.3 Å². The maximum atomic E-state index is 6.16. The molecule has 0 aliphatic heterocycles. The zero-order valence-corrected chi connectivity index (χ0v) is 12.1. The highest BCUT2D eigenvalue weighted by Gasteiger charge is 2.38. The lowest BCUT2D eigenvalue weighted by atomic mass is 9.78. The maximum absolute atomic E-state index is 6.16. The predicted molar refractivity (Wildman–Crippen MR) is 80.5 cm³/mol. The Labute approximate surface area is 116 Å². The number of nitrogens with zero attached hydrogens (tertiary/aromatic N) is 1. The van der Waals surface area contributed by atoms with Crippen molar-refractivity contribution in [2.24, 2.45) is 5.73 Å². The van der Waals surface area contributed by atoms with Crippen molar-refractivity contribution in [1.29, 1.82) is 0 Å². The fraction of sp³-hybridized carbons (Fsp3) is 0.625. The first kappa shape index (κ1) is 14.4. The lowest BCUT2D eigenvalue weighted by Crippen LogP contribution is -2.56. The van der Waals surface area contributed by atoms with Crippen LogP contribution in [0.3, 0.4) is 0 Å². The van der Waals surface area contributed by atoms with Gasteiger partial charge in [0.15, 0.2) is 0 Å². The van der Waals surface area contributed by atoms with Gasteiger partial charge < -0.3 is 15.4 Å². The minimum Gasteiger partial charge on any atom is -0.381 e. The number of hydrogen-bond donors (Lipinski definition) is 1. The summed E-state index contributed by atoms with van der Waals surface area (Å²) in [5.74, 6) is 0. The van der Waals surface area contributed by atoms with Gasteiger partial charge in [-0.25, -0.2) is 0 Å². The van der Waals surface area contributed by atoms with Crippen LogP contribution in [-0.4, -0.2) is 31.8 Å². The standard InChI is InChI=1S/C16H26N2O/c1-3-18(14-7-5-4-6-8-14)16(13-17)11-9-15(19-2)10-12-16/h4-8,15H,3,9-13,17H2,1-2H3. The number of anilines is 1. The molecule has 1 aromatic rings. The molecule has 1 aliphatic carbocycles. The second-order valence-electron chi connectivity index (χ2n) is 5.44. The second kappa shape index (κ2) is 6.40. The molecule has 0 heterocycles. The summed E-state index contributed by atoms with van der Waals surface area (Å²) in [6, 6.07) is 10.6. The van der Waals surface area contributed by atoms with Gasteiger partial charge in [-0.2, -0.15) is 0 Å². The van der Waals surface area contributed by atoms with Gasteiger partial charge in [0, 0.05) is 25.9 Å². The molecular weight excluding hydrogens is 236 g/mol. The highest BCUT2D eigenvalue weighted by molar-refractivity contribution is 5.49. The van der Waals surface area contributed by atoms with Gasteiger partial charge in [0.1, 0.15) is 0 Å². The molecule has 3 nitrogen and oxygen atoms in total. The summed E-state index contributed by atoms with van der Waals surface area (Å²) in [4.78, 5) is 2.48. The van der Waals surface area contributed by atoms with E-state index in [1.54, 1.807) is 0 Å². The van der Waals surface area contributed by atoms with Crippen LogP contribution >= 0.6 is 0 Å². The Morgan fingerprint density at radius 2 is 1.89 bits per heavy atom. The summed E-state index contributed by atoms with van der Waals surface area (Å²) >= 11 is 0. The number of nitrogens with two attached hydrogens (primary N) is 1. The quantitative estimate of drug-likeness (QED) is 0.887. The number of benzene rings is 1. The van der Waals surface area contributed by atoms with Crippen molar-refractivity contribution in [3.05, 3.63) is 30.3 Å². The van der Waals surface area contributed by atoms with Gasteiger partial charge >= 0.3 is 0 Å². The van der Waals surface area contributed by atoms with E-state index in [0.29, 0.717) is 12.6 Å². The van der Waals surface area contributed by atoms with Gasteiger partial charge in [-0.15, -0.1) is 0 Å². The molecule has 3 heteroatoms. The second-order valence-corrected chi connectivity index (χ2v) is 5.44. The van der Waals surface area contributed by atoms with E-state index in [0.717, 1.165) is 32.2 Å². The number of ether oxygens (including phenoxy) is 1. The molecule has 0 unspecified atom stereocenters. The van der Waals surface area contributed by atoms with E-state index in [9.17, 15) is 0 Å². The Bertz CT molecular complexity index is 372. The fourth-order valence-electron chi connectivity index (χ4n) is 3.35. The summed E-state index contributed by atoms with van der Waals surface area (Å²) in [6.45, 7) is 3.93. The highest BCUT2D eigenvalue weighted by atomic mass is 16.5. The first-order valence-electron chi connectivity index (χ1n) is 7.31. The minimum absolute atomic E-state index is 0.102. The maximum Gasteiger partial charge on any atom is 0.0573 e. The van der Waals surface area contributed by atoms with E-state index in [1.165, 1.54) is 5.69 Å². The van der Waals surface area contributed by atoms with E-state index in [4.69, 9.17) is 10.5 Å². The number of rotatable bonds is 5. The van der Waals surface area contributed by atoms with Gasteiger partial charge in [-0.05, 0) is 44.7 Å². The summed E-state index contributed by atoms with van der Waals surface area (Å²) in [7, 11) is 1.81. The highest BCUT2D eigenvalue weighted by Crippen LogP contribution is 2.36. The Kier molecular flexibility index (Phi) is 4.83. The van der Waals surface area contributed by atoms with Crippen LogP contribution in [-0.2, 0) is 4.74 Å². The molecular formula is C16H26N2O. The number of methoxy groups -OCH3 is 1. The average molecular weight is 262 g/mol. The van der Waals surface area contributed by atoms with Gasteiger partial charge in [0.25, 0.3) is 0 Å². The molecule has 0 amide bonds. The van der Waals surface area contributed by atoms with Crippen LogP contribution in [0.1, 0.15) is 32.6 Å². The summed E-state index contributed by atoms with van der Waals surface area (Å²) in [5, 5.41) is 0. The molecule has 0 radical (unpaired) electrons. The van der Waals surface area contributed by atoms with E-state index < -0.39 is 0 Å². The van der Waals surface area contributed by atoms with E-state index in [2.05, 4.69) is 42.2 Å². The van der Waals surface area contributed by atoms with E-state index in [-0.39, 0.29) is 5.54 Å². The van der Waals surface area contributed by atoms with E-state index in [1.807, 2.05) is 7.11 Å². The first-order chi connectivity index (χ1) is 9.25. The summed E-state index contributed by atoms with van der Waals surface area (Å²) in [5.41, 5.74) is 7.54. The molecule has 2 N–H and O–H groups in total. The van der Waals surface area contributed by atoms with Gasteiger partial charge in [-0.1, -0.05) is 18.2 Å². The van der Waals surface area contributed by atoms with Gasteiger partial charge in [-0.3, -0.25) is 0 Å². The third-order valence-corrected chi connectivity index (χ3v) is 4.53. The van der Waals surface area contributed by atoms with Crippen molar-refractivity contribution in [3.63, 3.8) is 0 Å². The van der Waals surface area contributed by atoms with Crippen molar-refractivity contribution in [2.75, 3.05) is 25.1 Å². The summed E-state index contributed by atoms with van der Waals surface area (Å²) < 4.78 is 5.49. The molecule has 106 valence electrons. The molecule has 0 saturated heterocycles. The molecule has 1 saturated carbocycles. The lowest BCUT2D eigenvalue weighted by Gasteiger charge is -2.48. The Hall–Kier alpha value is -1.06. The molecule has 0 atom stereocenters. The molecule has 1 aromatic carbocycles. The molecule has 1 fully saturated rings. The Morgan fingerprint density at radius 1 is 1.26 bits per heavy atom. The molecule has 0 bridgehead atoms.